The van der Waals surface area contributed by atoms with Crippen LogP contribution in [0.3, 0.4) is 0 Å². The van der Waals surface area contributed by atoms with E-state index >= 15 is 0 Å². The summed E-state index contributed by atoms with van der Waals surface area (Å²) in [6.07, 6.45) is 8.69. The molecule has 0 saturated heterocycles. The maximum absolute atomic E-state index is 12.0. The molecule has 0 spiro atoms. The van der Waals surface area contributed by atoms with E-state index in [0.29, 0.717) is 6.54 Å². The number of sulfonamides is 1. The van der Waals surface area contributed by atoms with Crippen molar-refractivity contribution in [3.8, 4) is 0 Å². The summed E-state index contributed by atoms with van der Waals surface area (Å²) in [4.78, 5) is 3.86. The predicted octanol–water partition coefficient (Wildman–Crippen LogP) is 1.91. The van der Waals surface area contributed by atoms with Gasteiger partial charge in [0, 0.05) is 12.7 Å². The van der Waals surface area contributed by atoms with E-state index in [1.807, 2.05) is 0 Å². The van der Waals surface area contributed by atoms with Crippen LogP contribution in [0.5, 0.6) is 0 Å². The van der Waals surface area contributed by atoms with E-state index in [-0.39, 0.29) is 10.7 Å². The first-order chi connectivity index (χ1) is 9.09. The summed E-state index contributed by atoms with van der Waals surface area (Å²) in [7, 11) is -3.52. The zero-order valence-electron chi connectivity index (χ0n) is 11.0. The van der Waals surface area contributed by atoms with E-state index in [1.165, 1.54) is 37.9 Å². The van der Waals surface area contributed by atoms with Gasteiger partial charge in [0.25, 0.3) is 0 Å². The molecule has 0 aliphatic heterocycles. The molecule has 1 heterocycles. The summed E-state index contributed by atoms with van der Waals surface area (Å²) in [5.74, 6) is 0.832. The van der Waals surface area contributed by atoms with Gasteiger partial charge in [-0.05, 0) is 30.9 Å². The summed E-state index contributed by atoms with van der Waals surface area (Å²) in [5.41, 5.74) is 5.58. The van der Waals surface area contributed by atoms with Gasteiger partial charge in [-0.15, -0.1) is 0 Å². The van der Waals surface area contributed by atoms with Gasteiger partial charge in [0.05, 0.1) is 0 Å². The minimum atomic E-state index is -3.52. The van der Waals surface area contributed by atoms with Crippen LogP contribution in [0.15, 0.2) is 23.2 Å². The van der Waals surface area contributed by atoms with Crippen LogP contribution in [-0.4, -0.2) is 19.9 Å². The number of anilines is 1. The number of nitrogens with one attached hydrogen (secondary N) is 1. The van der Waals surface area contributed by atoms with Gasteiger partial charge in [-0.3, -0.25) is 0 Å². The molecule has 6 heteroatoms. The van der Waals surface area contributed by atoms with Crippen molar-refractivity contribution in [2.75, 3.05) is 12.3 Å². The lowest BCUT2D eigenvalue weighted by Gasteiger charge is -2.10. The van der Waals surface area contributed by atoms with Crippen molar-refractivity contribution in [2.45, 2.75) is 43.4 Å². The molecule has 1 aliphatic rings. The highest BCUT2D eigenvalue weighted by molar-refractivity contribution is 7.89. The fourth-order valence-electron chi connectivity index (χ4n) is 2.60. The maximum atomic E-state index is 12.0. The second kappa shape index (κ2) is 6.34. The van der Waals surface area contributed by atoms with E-state index < -0.39 is 10.0 Å². The van der Waals surface area contributed by atoms with Crippen molar-refractivity contribution in [1.82, 2.24) is 9.71 Å². The van der Waals surface area contributed by atoms with Crippen LogP contribution >= 0.6 is 0 Å². The third kappa shape index (κ3) is 3.91. The van der Waals surface area contributed by atoms with Crippen LogP contribution in [0.2, 0.25) is 0 Å². The Kier molecular flexibility index (Phi) is 4.76. The number of hydrogen-bond donors (Lipinski definition) is 2. The summed E-state index contributed by atoms with van der Waals surface area (Å²) in [5, 5.41) is 0. The Balaban J connectivity index is 1.82. The second-order valence-corrected chi connectivity index (χ2v) is 6.81. The van der Waals surface area contributed by atoms with Gasteiger partial charge >= 0.3 is 0 Å². The lowest BCUT2D eigenvalue weighted by atomic mass is 10.0. The zero-order chi connectivity index (χ0) is 13.7. The van der Waals surface area contributed by atoms with Crippen molar-refractivity contribution < 1.29 is 8.42 Å². The van der Waals surface area contributed by atoms with E-state index in [4.69, 9.17) is 5.73 Å². The molecule has 3 N–H and O–H groups in total. The van der Waals surface area contributed by atoms with Crippen LogP contribution in [0.1, 0.15) is 38.5 Å². The molecule has 0 bridgehead atoms. The van der Waals surface area contributed by atoms with E-state index in [2.05, 4.69) is 9.71 Å². The Bertz CT molecular complexity index is 510. The van der Waals surface area contributed by atoms with Crippen LogP contribution in [0.25, 0.3) is 0 Å². The largest absolute Gasteiger partial charge is 0.383 e. The number of nitrogen functional groups attached to an aromatic ring is 1. The highest BCUT2D eigenvalue weighted by Crippen LogP contribution is 2.28. The first kappa shape index (κ1) is 14.3. The quantitative estimate of drug-likeness (QED) is 0.781. The molecule has 2 rings (SSSR count). The van der Waals surface area contributed by atoms with E-state index in [9.17, 15) is 8.42 Å². The number of rotatable bonds is 6. The van der Waals surface area contributed by atoms with Crippen LogP contribution in [0, 0.1) is 5.92 Å². The molecule has 19 heavy (non-hydrogen) atoms. The van der Waals surface area contributed by atoms with Crippen molar-refractivity contribution in [3.05, 3.63) is 18.3 Å². The summed E-state index contributed by atoms with van der Waals surface area (Å²) < 4.78 is 26.6. The third-order valence-corrected chi connectivity index (χ3v) is 5.15. The Morgan fingerprint density at radius 1 is 1.37 bits per heavy atom. The fraction of sp³-hybridized carbons (Fsp3) is 0.615. The summed E-state index contributed by atoms with van der Waals surface area (Å²) in [6, 6.07) is 3.05. The van der Waals surface area contributed by atoms with Crippen LogP contribution in [0.4, 0.5) is 5.82 Å². The Labute approximate surface area is 114 Å². The SMILES string of the molecule is Nc1ncccc1S(=O)(=O)NCCCC1CCCC1. The number of pyridine rings is 1. The highest BCUT2D eigenvalue weighted by atomic mass is 32.2. The molecule has 5 nitrogen and oxygen atoms in total. The standard InChI is InChI=1S/C13H21N3O2S/c14-13-12(8-4-9-15-13)19(17,18)16-10-3-7-11-5-1-2-6-11/h4,8-9,11,16H,1-3,5-7,10H2,(H2,14,15). The van der Waals surface area contributed by atoms with Gasteiger partial charge in [-0.2, -0.15) is 0 Å². The second-order valence-electron chi connectivity index (χ2n) is 5.08. The number of hydrogen-bond acceptors (Lipinski definition) is 4. The van der Waals surface area contributed by atoms with Crippen LogP contribution in [-0.2, 0) is 10.0 Å². The predicted molar refractivity (Wildman–Crippen MR) is 75.0 cm³/mol. The first-order valence-corrected chi connectivity index (χ1v) is 8.28. The minimum Gasteiger partial charge on any atom is -0.383 e. The van der Waals surface area contributed by atoms with Gasteiger partial charge in [-0.25, -0.2) is 18.1 Å². The summed E-state index contributed by atoms with van der Waals surface area (Å²) >= 11 is 0. The smallest absolute Gasteiger partial charge is 0.244 e. The van der Waals surface area contributed by atoms with Crippen molar-refractivity contribution in [1.29, 1.82) is 0 Å². The maximum Gasteiger partial charge on any atom is 0.244 e. The lowest BCUT2D eigenvalue weighted by molar-refractivity contribution is 0.480. The molecule has 0 unspecified atom stereocenters. The lowest BCUT2D eigenvalue weighted by Crippen LogP contribution is -2.26. The molecule has 1 fully saturated rings. The normalized spacial score (nSPS) is 16.8. The molecule has 0 aromatic carbocycles. The Morgan fingerprint density at radius 3 is 2.79 bits per heavy atom. The number of nitrogens with two attached hydrogens (primary N) is 1. The van der Waals surface area contributed by atoms with Gasteiger partial charge in [0.2, 0.25) is 10.0 Å². The average molecular weight is 283 g/mol. The van der Waals surface area contributed by atoms with E-state index in [1.54, 1.807) is 6.07 Å². The molecular formula is C13H21N3O2S. The molecule has 1 saturated carbocycles. The van der Waals surface area contributed by atoms with Crippen molar-refractivity contribution in [3.63, 3.8) is 0 Å². The Hall–Kier alpha value is -1.14. The Morgan fingerprint density at radius 2 is 2.11 bits per heavy atom. The van der Waals surface area contributed by atoms with Gasteiger partial charge in [-0.1, -0.05) is 25.7 Å². The van der Waals surface area contributed by atoms with Gasteiger partial charge in [0.15, 0.2) is 0 Å². The fourth-order valence-corrected chi connectivity index (χ4v) is 3.76. The molecule has 1 aromatic heterocycles. The average Bonchev–Trinajstić information content (AvgIpc) is 2.88. The molecule has 0 amide bonds. The molecule has 0 radical (unpaired) electrons. The molecule has 1 aliphatic carbocycles. The first-order valence-electron chi connectivity index (χ1n) is 6.80. The molecule has 1 aromatic rings. The minimum absolute atomic E-state index is 0.0470. The van der Waals surface area contributed by atoms with Gasteiger partial charge in [0.1, 0.15) is 10.7 Å². The van der Waals surface area contributed by atoms with Gasteiger partial charge < -0.3 is 5.73 Å². The third-order valence-electron chi connectivity index (χ3n) is 3.65. The van der Waals surface area contributed by atoms with E-state index in [0.717, 1.165) is 18.8 Å². The molecule has 106 valence electrons. The highest BCUT2D eigenvalue weighted by Gasteiger charge is 2.18. The van der Waals surface area contributed by atoms with Crippen LogP contribution < -0.4 is 10.5 Å². The van der Waals surface area contributed by atoms with Crippen molar-refractivity contribution >= 4 is 15.8 Å². The van der Waals surface area contributed by atoms with Crippen molar-refractivity contribution in [2.24, 2.45) is 5.92 Å². The number of nitrogens with zero attached hydrogens (tertiary/aromatic N) is 1. The topological polar surface area (TPSA) is 85.1 Å². The molecular weight excluding hydrogens is 262 g/mol. The monoisotopic (exact) mass is 283 g/mol. The molecule has 0 atom stereocenters. The zero-order valence-corrected chi connectivity index (χ0v) is 11.8. The summed E-state index contributed by atoms with van der Waals surface area (Å²) in [6.45, 7) is 0.465. The number of aromatic nitrogens is 1.